The van der Waals surface area contributed by atoms with E-state index in [4.69, 9.17) is 14.3 Å². The van der Waals surface area contributed by atoms with Crippen LogP contribution in [0.3, 0.4) is 0 Å². The number of nitrogens with zero attached hydrogens (tertiary/aromatic N) is 2. The van der Waals surface area contributed by atoms with Crippen molar-refractivity contribution in [3.05, 3.63) is 41.4 Å². The fourth-order valence-corrected chi connectivity index (χ4v) is 2.88. The van der Waals surface area contributed by atoms with Gasteiger partial charge in [-0.05, 0) is 13.0 Å². The highest BCUT2D eigenvalue weighted by Crippen LogP contribution is 2.33. The zero-order valence-corrected chi connectivity index (χ0v) is 12.6. The number of H-pyrrole nitrogens is 1. The van der Waals surface area contributed by atoms with E-state index in [9.17, 15) is 4.79 Å². The van der Waals surface area contributed by atoms with Crippen LogP contribution in [0.5, 0.6) is 0 Å². The largest absolute Gasteiger partial charge is 0.453 e. The number of aliphatic hydroxyl groups excluding tert-OH is 1. The summed E-state index contributed by atoms with van der Waals surface area (Å²) in [7, 11) is 1.64. The summed E-state index contributed by atoms with van der Waals surface area (Å²) in [6.45, 7) is 2.05. The summed E-state index contributed by atoms with van der Waals surface area (Å²) in [5, 5.41) is 9.15. The lowest BCUT2D eigenvalue weighted by Crippen LogP contribution is -2.32. The monoisotopic (exact) mass is 305 g/mol. The van der Waals surface area contributed by atoms with E-state index in [1.807, 2.05) is 0 Å². The van der Waals surface area contributed by atoms with E-state index in [0.29, 0.717) is 24.3 Å². The molecular weight excluding hydrogens is 286 g/mol. The Morgan fingerprint density at radius 3 is 3.05 bits per heavy atom. The minimum absolute atomic E-state index is 0.0355. The number of aromatic nitrogens is 2. The predicted octanol–water partition coefficient (Wildman–Crippen LogP) is 1.41. The van der Waals surface area contributed by atoms with Gasteiger partial charge in [-0.1, -0.05) is 0 Å². The second-order valence-corrected chi connectivity index (χ2v) is 5.42. The van der Waals surface area contributed by atoms with E-state index in [2.05, 4.69) is 9.97 Å². The summed E-state index contributed by atoms with van der Waals surface area (Å²) >= 11 is 0. The minimum Gasteiger partial charge on any atom is -0.453 e. The maximum atomic E-state index is 12.8. The average Bonchev–Trinajstić information content (AvgIpc) is 3.24. The van der Waals surface area contributed by atoms with Gasteiger partial charge in [-0.15, -0.1) is 0 Å². The summed E-state index contributed by atoms with van der Waals surface area (Å²) in [5.41, 5.74) is 0.716. The Morgan fingerprint density at radius 2 is 2.45 bits per heavy atom. The number of carbonyl (C=O) groups is 1. The third kappa shape index (κ3) is 2.53. The fourth-order valence-electron chi connectivity index (χ4n) is 2.88. The number of aromatic amines is 1. The number of furan rings is 1. The molecule has 22 heavy (non-hydrogen) atoms. The molecule has 2 aromatic rings. The molecule has 1 saturated heterocycles. The summed E-state index contributed by atoms with van der Waals surface area (Å²) in [6.07, 6.45) is 4.05. The molecule has 2 atom stereocenters. The molecule has 1 unspecified atom stereocenters. The molecular formula is C15H19N3O4. The lowest BCUT2D eigenvalue weighted by molar-refractivity contribution is 0.0649. The number of methoxy groups -OCH3 is 1. The third-order valence-corrected chi connectivity index (χ3v) is 4.01. The highest BCUT2D eigenvalue weighted by molar-refractivity contribution is 5.93. The lowest BCUT2D eigenvalue weighted by atomic mass is 10.2. The molecule has 1 amide bonds. The number of likely N-dealkylation sites (tertiary alicyclic amines) is 1. The zero-order valence-electron chi connectivity index (χ0n) is 12.6. The van der Waals surface area contributed by atoms with Crippen molar-refractivity contribution in [1.82, 2.24) is 14.9 Å². The van der Waals surface area contributed by atoms with Crippen molar-refractivity contribution < 1.29 is 19.1 Å². The Kier molecular flexibility index (Phi) is 4.00. The third-order valence-electron chi connectivity index (χ3n) is 4.01. The van der Waals surface area contributed by atoms with Crippen molar-refractivity contribution >= 4 is 5.91 Å². The van der Waals surface area contributed by atoms with Gasteiger partial charge in [-0.25, -0.2) is 4.98 Å². The van der Waals surface area contributed by atoms with Gasteiger partial charge in [0.15, 0.2) is 5.76 Å². The van der Waals surface area contributed by atoms with Gasteiger partial charge in [-0.2, -0.15) is 0 Å². The first kappa shape index (κ1) is 14.8. The molecule has 2 aromatic heterocycles. The maximum Gasteiger partial charge on any atom is 0.290 e. The molecule has 1 aliphatic rings. The van der Waals surface area contributed by atoms with Crippen LogP contribution in [0.1, 0.15) is 40.2 Å². The van der Waals surface area contributed by atoms with Crippen molar-refractivity contribution in [3.63, 3.8) is 0 Å². The first-order chi connectivity index (χ1) is 10.6. The fraction of sp³-hybridized carbons (Fsp3) is 0.467. The van der Waals surface area contributed by atoms with Gasteiger partial charge in [-0.3, -0.25) is 4.79 Å². The van der Waals surface area contributed by atoms with Gasteiger partial charge in [0.25, 0.3) is 5.91 Å². The molecule has 0 bridgehead atoms. The second kappa shape index (κ2) is 5.94. The van der Waals surface area contributed by atoms with E-state index >= 15 is 0 Å². The van der Waals surface area contributed by atoms with Gasteiger partial charge in [0.05, 0.1) is 12.1 Å². The van der Waals surface area contributed by atoms with E-state index in [1.165, 1.54) is 0 Å². The van der Waals surface area contributed by atoms with E-state index in [0.717, 1.165) is 5.82 Å². The van der Waals surface area contributed by atoms with Crippen LogP contribution in [-0.2, 0) is 11.3 Å². The number of hydrogen-bond donors (Lipinski definition) is 2. The van der Waals surface area contributed by atoms with Crippen LogP contribution in [0.2, 0.25) is 0 Å². The Labute approximate surface area is 127 Å². The van der Waals surface area contributed by atoms with Gasteiger partial charge < -0.3 is 24.1 Å². The topological polar surface area (TPSA) is 91.6 Å². The van der Waals surface area contributed by atoms with Crippen LogP contribution in [-0.4, -0.2) is 45.6 Å². The van der Waals surface area contributed by atoms with Crippen molar-refractivity contribution in [1.29, 1.82) is 0 Å². The number of ether oxygens (including phenoxy) is 1. The predicted molar refractivity (Wildman–Crippen MR) is 77.1 cm³/mol. The highest BCUT2D eigenvalue weighted by atomic mass is 16.5. The molecule has 0 radical (unpaired) electrons. The number of aliphatic hydroxyl groups is 1. The quantitative estimate of drug-likeness (QED) is 0.891. The Hall–Kier alpha value is -2.12. The highest BCUT2D eigenvalue weighted by Gasteiger charge is 2.39. The smallest absolute Gasteiger partial charge is 0.290 e. The molecule has 118 valence electrons. The van der Waals surface area contributed by atoms with E-state index in [1.54, 1.807) is 37.4 Å². The number of imidazole rings is 1. The molecule has 1 aliphatic heterocycles. The number of hydrogen-bond acceptors (Lipinski definition) is 5. The molecule has 7 heteroatoms. The zero-order chi connectivity index (χ0) is 15.7. The van der Waals surface area contributed by atoms with Gasteiger partial charge >= 0.3 is 0 Å². The number of rotatable bonds is 4. The van der Waals surface area contributed by atoms with Crippen LogP contribution >= 0.6 is 0 Å². The number of aryl methyl sites for hydroxylation is 1. The average molecular weight is 305 g/mol. The van der Waals surface area contributed by atoms with Crippen LogP contribution in [0, 0.1) is 6.92 Å². The van der Waals surface area contributed by atoms with Gasteiger partial charge in [0.1, 0.15) is 18.2 Å². The summed E-state index contributed by atoms with van der Waals surface area (Å²) in [4.78, 5) is 21.8. The molecule has 1 fully saturated rings. The van der Waals surface area contributed by atoms with Crippen molar-refractivity contribution in [3.8, 4) is 0 Å². The first-order valence-electron chi connectivity index (χ1n) is 7.17. The van der Waals surface area contributed by atoms with Crippen molar-refractivity contribution in [2.75, 3.05) is 13.7 Å². The SMILES string of the molecule is CO[C@@H]1CC(c2ncc[nH]2)N(C(=O)c2oc(CO)cc2C)C1. The summed E-state index contributed by atoms with van der Waals surface area (Å²) in [6, 6.07) is 1.51. The Bertz CT molecular complexity index is 650. The van der Waals surface area contributed by atoms with Gasteiger partial charge in [0, 0.05) is 38.0 Å². The number of amides is 1. The van der Waals surface area contributed by atoms with Crippen molar-refractivity contribution in [2.24, 2.45) is 0 Å². The van der Waals surface area contributed by atoms with E-state index in [-0.39, 0.29) is 30.4 Å². The Morgan fingerprint density at radius 1 is 1.64 bits per heavy atom. The van der Waals surface area contributed by atoms with E-state index < -0.39 is 0 Å². The molecule has 2 N–H and O–H groups in total. The van der Waals surface area contributed by atoms with Gasteiger partial charge in [0.2, 0.25) is 0 Å². The molecule has 0 aliphatic carbocycles. The van der Waals surface area contributed by atoms with Crippen LogP contribution in [0.25, 0.3) is 0 Å². The van der Waals surface area contributed by atoms with Crippen LogP contribution < -0.4 is 0 Å². The summed E-state index contributed by atoms with van der Waals surface area (Å²) in [5.74, 6) is 1.17. The van der Waals surface area contributed by atoms with Crippen molar-refractivity contribution in [2.45, 2.75) is 32.1 Å². The minimum atomic E-state index is -0.226. The molecule has 7 nitrogen and oxygen atoms in total. The molecule has 3 heterocycles. The number of carbonyl (C=O) groups excluding carboxylic acids is 1. The second-order valence-electron chi connectivity index (χ2n) is 5.42. The maximum absolute atomic E-state index is 12.8. The summed E-state index contributed by atoms with van der Waals surface area (Å²) < 4.78 is 10.9. The first-order valence-corrected chi connectivity index (χ1v) is 7.17. The Balaban J connectivity index is 1.90. The molecule has 3 rings (SSSR count). The number of nitrogens with one attached hydrogen (secondary N) is 1. The normalized spacial score (nSPS) is 21.5. The van der Waals surface area contributed by atoms with Crippen LogP contribution in [0.4, 0.5) is 0 Å². The lowest BCUT2D eigenvalue weighted by Gasteiger charge is -2.22. The van der Waals surface area contributed by atoms with Crippen LogP contribution in [0.15, 0.2) is 22.9 Å². The molecule has 0 spiro atoms. The molecule has 0 saturated carbocycles. The molecule has 0 aromatic carbocycles. The standard InChI is InChI=1S/C15H19N3O4/c1-9-5-11(8-19)22-13(9)15(20)18-7-10(21-2)6-12(18)14-16-3-4-17-14/h3-5,10,12,19H,6-8H2,1-2H3,(H,16,17)/t10-,12?/m1/s1.